The second-order valence-electron chi connectivity index (χ2n) is 5.84. The van der Waals surface area contributed by atoms with Crippen LogP contribution >= 0.6 is 11.3 Å². The summed E-state index contributed by atoms with van der Waals surface area (Å²) in [6, 6.07) is 7.75. The number of epoxide rings is 1. The SMILES string of the molecule is Bc1ccc(C2OC23C(=O)c2cc(C)sc2C3=O)cc1C. The van der Waals surface area contributed by atoms with E-state index in [4.69, 9.17) is 4.74 Å². The molecule has 1 aliphatic carbocycles. The van der Waals surface area contributed by atoms with Gasteiger partial charge in [-0.1, -0.05) is 29.2 Å². The molecule has 1 fully saturated rings. The van der Waals surface area contributed by atoms with E-state index in [0.29, 0.717) is 10.4 Å². The molecular weight excluding hydrogens is 283 g/mol. The summed E-state index contributed by atoms with van der Waals surface area (Å²) >= 11 is 1.38. The van der Waals surface area contributed by atoms with Crippen molar-refractivity contribution in [2.24, 2.45) is 0 Å². The average Bonchev–Trinajstić information content (AvgIpc) is 3.05. The quantitative estimate of drug-likeness (QED) is 0.455. The summed E-state index contributed by atoms with van der Waals surface area (Å²) in [6.07, 6.45) is -0.434. The number of ketones is 2. The molecule has 2 aromatic rings. The zero-order valence-electron chi connectivity index (χ0n) is 12.0. The molecule has 0 amide bonds. The van der Waals surface area contributed by atoms with Crippen LogP contribution < -0.4 is 5.46 Å². The topological polar surface area (TPSA) is 46.7 Å². The molecule has 2 atom stereocenters. The lowest BCUT2D eigenvalue weighted by atomic mass is 9.87. The van der Waals surface area contributed by atoms with Gasteiger partial charge in [-0.05, 0) is 25.5 Å². The van der Waals surface area contributed by atoms with Crippen molar-refractivity contribution in [3.63, 3.8) is 0 Å². The number of fused-ring (bicyclic) bond motifs is 1. The van der Waals surface area contributed by atoms with Gasteiger partial charge in [0.05, 0.1) is 4.88 Å². The van der Waals surface area contributed by atoms with Crippen molar-refractivity contribution in [2.75, 3.05) is 0 Å². The highest BCUT2D eigenvalue weighted by atomic mass is 32.1. The average molecular weight is 296 g/mol. The van der Waals surface area contributed by atoms with Crippen LogP contribution in [0, 0.1) is 13.8 Å². The Labute approximate surface area is 127 Å². The van der Waals surface area contributed by atoms with E-state index in [-0.39, 0.29) is 11.6 Å². The molecule has 1 saturated heterocycles. The highest BCUT2D eigenvalue weighted by Crippen LogP contribution is 2.57. The number of carbonyl (C=O) groups is 2. The number of rotatable bonds is 1. The van der Waals surface area contributed by atoms with Crippen LogP contribution in [0.2, 0.25) is 0 Å². The molecule has 1 spiro atoms. The molecule has 104 valence electrons. The van der Waals surface area contributed by atoms with Crippen molar-refractivity contribution in [1.29, 1.82) is 0 Å². The Balaban J connectivity index is 1.76. The predicted molar refractivity (Wildman–Crippen MR) is 83.6 cm³/mol. The molecular formula is C16H13BO3S. The first kappa shape index (κ1) is 13.0. The number of hydrogen-bond donors (Lipinski definition) is 0. The molecule has 0 bridgehead atoms. The zero-order chi connectivity index (χ0) is 14.9. The highest BCUT2D eigenvalue weighted by molar-refractivity contribution is 7.15. The summed E-state index contributed by atoms with van der Waals surface area (Å²) in [5.41, 5.74) is 2.51. The first-order chi connectivity index (χ1) is 9.95. The Bertz CT molecular complexity index is 787. The molecule has 3 nitrogen and oxygen atoms in total. The van der Waals surface area contributed by atoms with Gasteiger partial charge in [-0.15, -0.1) is 11.3 Å². The second-order valence-corrected chi connectivity index (χ2v) is 7.09. The number of Topliss-reactive ketones (excluding diaryl/α,β-unsaturated/α-hetero) is 2. The smallest absolute Gasteiger partial charge is 0.225 e. The molecule has 4 rings (SSSR count). The lowest BCUT2D eigenvalue weighted by molar-refractivity contribution is 0.0786. The largest absolute Gasteiger partial charge is 0.344 e. The minimum Gasteiger partial charge on any atom is -0.344 e. The van der Waals surface area contributed by atoms with Crippen LogP contribution in [0.5, 0.6) is 0 Å². The van der Waals surface area contributed by atoms with Gasteiger partial charge in [-0.25, -0.2) is 0 Å². The van der Waals surface area contributed by atoms with Crippen LogP contribution in [0.1, 0.15) is 42.1 Å². The fourth-order valence-electron chi connectivity index (χ4n) is 3.05. The van der Waals surface area contributed by atoms with Crippen LogP contribution in [0.25, 0.3) is 0 Å². The van der Waals surface area contributed by atoms with Crippen LogP contribution in [-0.2, 0) is 4.74 Å². The lowest BCUT2D eigenvalue weighted by Crippen LogP contribution is -2.27. The summed E-state index contributed by atoms with van der Waals surface area (Å²) in [4.78, 5) is 26.8. The van der Waals surface area contributed by atoms with Gasteiger partial charge in [0, 0.05) is 10.4 Å². The fraction of sp³-hybridized carbons (Fsp3) is 0.250. The molecule has 2 heterocycles. The first-order valence-electron chi connectivity index (χ1n) is 6.90. The Morgan fingerprint density at radius 2 is 1.95 bits per heavy atom. The third-order valence-electron chi connectivity index (χ3n) is 4.43. The molecule has 21 heavy (non-hydrogen) atoms. The molecule has 2 aliphatic rings. The molecule has 1 aromatic carbocycles. The van der Waals surface area contributed by atoms with Crippen molar-refractivity contribution in [3.05, 3.63) is 50.7 Å². The van der Waals surface area contributed by atoms with E-state index in [2.05, 4.69) is 0 Å². The molecule has 0 saturated carbocycles. The summed E-state index contributed by atoms with van der Waals surface area (Å²) in [7, 11) is 2.04. The second kappa shape index (κ2) is 3.93. The number of thiophene rings is 1. The van der Waals surface area contributed by atoms with E-state index in [1.807, 2.05) is 39.9 Å². The van der Waals surface area contributed by atoms with Crippen LogP contribution in [0.3, 0.4) is 0 Å². The normalized spacial score (nSPS) is 26.5. The highest BCUT2D eigenvalue weighted by Gasteiger charge is 2.72. The number of ether oxygens (including phenoxy) is 1. The van der Waals surface area contributed by atoms with Crippen molar-refractivity contribution >= 4 is 36.2 Å². The maximum atomic E-state index is 12.6. The number of aryl methyl sites for hydroxylation is 2. The Kier molecular flexibility index (Phi) is 2.43. The number of carbonyl (C=O) groups excluding carboxylic acids is 2. The fourth-order valence-corrected chi connectivity index (χ4v) is 4.06. The molecule has 1 aliphatic heterocycles. The Morgan fingerprint density at radius 3 is 2.62 bits per heavy atom. The van der Waals surface area contributed by atoms with E-state index >= 15 is 0 Å². The standard InChI is InChI=1S/C16H13BO3S/c1-7-5-9(3-4-11(7)17)15-16(20-15)13(18)10-6-8(2)21-12(10)14(16)19/h3-6,15H,17H2,1-2H3. The minimum atomic E-state index is -1.27. The van der Waals surface area contributed by atoms with Crippen LogP contribution in [-0.4, -0.2) is 25.0 Å². The Hall–Kier alpha value is -1.72. The summed E-state index contributed by atoms with van der Waals surface area (Å²) in [5, 5.41) is 0. The van der Waals surface area contributed by atoms with Crippen molar-refractivity contribution < 1.29 is 14.3 Å². The minimum absolute atomic E-state index is 0.163. The first-order valence-corrected chi connectivity index (χ1v) is 7.72. The van der Waals surface area contributed by atoms with E-state index < -0.39 is 11.7 Å². The Morgan fingerprint density at radius 1 is 1.19 bits per heavy atom. The monoisotopic (exact) mass is 296 g/mol. The van der Waals surface area contributed by atoms with E-state index in [1.54, 1.807) is 6.07 Å². The number of hydrogen-bond acceptors (Lipinski definition) is 4. The van der Waals surface area contributed by atoms with Gasteiger partial charge in [-0.2, -0.15) is 0 Å². The summed E-state index contributed by atoms with van der Waals surface area (Å²) < 4.78 is 5.66. The van der Waals surface area contributed by atoms with Gasteiger partial charge < -0.3 is 4.74 Å². The summed E-state index contributed by atoms with van der Waals surface area (Å²) in [5.74, 6) is -0.334. The maximum absolute atomic E-state index is 12.6. The van der Waals surface area contributed by atoms with E-state index in [1.165, 1.54) is 16.8 Å². The molecule has 5 heteroatoms. The molecule has 0 radical (unpaired) electrons. The van der Waals surface area contributed by atoms with Crippen LogP contribution in [0.15, 0.2) is 24.3 Å². The van der Waals surface area contributed by atoms with Crippen molar-refractivity contribution in [2.45, 2.75) is 25.6 Å². The summed E-state index contributed by atoms with van der Waals surface area (Å²) in [6.45, 7) is 3.93. The van der Waals surface area contributed by atoms with Crippen LogP contribution in [0.4, 0.5) is 0 Å². The predicted octanol–water partition coefficient (Wildman–Crippen LogP) is 1.51. The van der Waals surface area contributed by atoms with Gasteiger partial charge in [0.1, 0.15) is 14.0 Å². The third-order valence-corrected chi connectivity index (χ3v) is 5.48. The molecule has 0 N–H and O–H groups in total. The molecule has 2 unspecified atom stereocenters. The maximum Gasteiger partial charge on any atom is 0.225 e. The van der Waals surface area contributed by atoms with Gasteiger partial charge in [0.25, 0.3) is 0 Å². The number of benzene rings is 1. The van der Waals surface area contributed by atoms with Gasteiger partial charge in [0.2, 0.25) is 17.2 Å². The third kappa shape index (κ3) is 1.53. The van der Waals surface area contributed by atoms with E-state index in [9.17, 15) is 9.59 Å². The van der Waals surface area contributed by atoms with Gasteiger partial charge in [-0.3, -0.25) is 9.59 Å². The van der Waals surface area contributed by atoms with Gasteiger partial charge in [0.15, 0.2) is 0 Å². The zero-order valence-corrected chi connectivity index (χ0v) is 12.8. The van der Waals surface area contributed by atoms with E-state index in [0.717, 1.165) is 16.0 Å². The molecule has 1 aromatic heterocycles. The van der Waals surface area contributed by atoms with Crippen molar-refractivity contribution in [1.82, 2.24) is 0 Å². The van der Waals surface area contributed by atoms with Crippen molar-refractivity contribution in [3.8, 4) is 0 Å². The van der Waals surface area contributed by atoms with Gasteiger partial charge >= 0.3 is 0 Å². The lowest BCUT2D eigenvalue weighted by Gasteiger charge is -2.04.